The van der Waals surface area contributed by atoms with Gasteiger partial charge in [0.25, 0.3) is 0 Å². The molecule has 2 aromatic rings. The summed E-state index contributed by atoms with van der Waals surface area (Å²) in [5.74, 6) is -0.196. The van der Waals surface area contributed by atoms with E-state index in [1.54, 1.807) is 0 Å². The highest BCUT2D eigenvalue weighted by molar-refractivity contribution is 5.16. The summed E-state index contributed by atoms with van der Waals surface area (Å²) in [6, 6.07) is 12.7. The van der Waals surface area contributed by atoms with Crippen LogP contribution in [0, 0.1) is 5.82 Å². The summed E-state index contributed by atoms with van der Waals surface area (Å²) in [6.45, 7) is 2.32. The molecule has 3 nitrogen and oxygen atoms in total. The summed E-state index contributed by atoms with van der Waals surface area (Å²) in [7, 11) is 3.95. The molecule has 0 saturated carbocycles. The van der Waals surface area contributed by atoms with E-state index in [2.05, 4.69) is 15.2 Å². The molecule has 0 spiro atoms. The molecule has 20 heavy (non-hydrogen) atoms. The fraction of sp³-hybridized carbons (Fsp3) is 0.312. The lowest BCUT2D eigenvalue weighted by Gasteiger charge is -2.16. The van der Waals surface area contributed by atoms with Crippen molar-refractivity contribution in [2.45, 2.75) is 19.6 Å². The van der Waals surface area contributed by atoms with E-state index in [-0.39, 0.29) is 5.82 Å². The number of nitrogens with one attached hydrogen (secondary N) is 1. The van der Waals surface area contributed by atoms with Crippen molar-refractivity contribution in [3.63, 3.8) is 0 Å². The zero-order chi connectivity index (χ0) is 14.4. The van der Waals surface area contributed by atoms with Gasteiger partial charge in [-0.2, -0.15) is 0 Å². The van der Waals surface area contributed by atoms with E-state index in [9.17, 15) is 4.39 Å². The second-order valence-corrected chi connectivity index (χ2v) is 4.95. The lowest BCUT2D eigenvalue weighted by atomic mass is 10.2. The quantitative estimate of drug-likeness (QED) is 0.877. The Morgan fingerprint density at radius 2 is 1.75 bits per heavy atom. The minimum absolute atomic E-state index is 0.196. The standard InChI is InChI=1S/C16H20FN3/c1-18-10-15-4-3-5-16(19-15)12-20(2)11-13-6-8-14(17)9-7-13/h3-9,18H,10-12H2,1-2H3. The molecular weight excluding hydrogens is 253 g/mol. The molecule has 0 atom stereocenters. The highest BCUT2D eigenvalue weighted by Gasteiger charge is 2.04. The van der Waals surface area contributed by atoms with Crippen LogP contribution in [-0.2, 0) is 19.6 Å². The van der Waals surface area contributed by atoms with Gasteiger partial charge in [-0.3, -0.25) is 9.88 Å². The first-order valence-corrected chi connectivity index (χ1v) is 6.70. The summed E-state index contributed by atoms with van der Waals surface area (Å²) < 4.78 is 12.9. The Balaban J connectivity index is 1.95. The number of hydrogen-bond donors (Lipinski definition) is 1. The van der Waals surface area contributed by atoms with Gasteiger partial charge in [0, 0.05) is 19.6 Å². The molecule has 1 aromatic heterocycles. The van der Waals surface area contributed by atoms with Crippen LogP contribution in [0.1, 0.15) is 17.0 Å². The second-order valence-electron chi connectivity index (χ2n) is 4.95. The maximum absolute atomic E-state index is 12.9. The molecule has 0 bridgehead atoms. The number of nitrogens with zero attached hydrogens (tertiary/aromatic N) is 2. The van der Waals surface area contributed by atoms with Crippen LogP contribution >= 0.6 is 0 Å². The minimum Gasteiger partial charge on any atom is -0.314 e. The summed E-state index contributed by atoms with van der Waals surface area (Å²) in [4.78, 5) is 6.76. The lowest BCUT2D eigenvalue weighted by molar-refractivity contribution is 0.314. The topological polar surface area (TPSA) is 28.2 Å². The molecule has 106 valence electrons. The van der Waals surface area contributed by atoms with E-state index >= 15 is 0 Å². The van der Waals surface area contributed by atoms with E-state index in [1.165, 1.54) is 12.1 Å². The Morgan fingerprint density at radius 3 is 2.45 bits per heavy atom. The third-order valence-electron chi connectivity index (χ3n) is 3.02. The van der Waals surface area contributed by atoms with Gasteiger partial charge in [0.2, 0.25) is 0 Å². The largest absolute Gasteiger partial charge is 0.314 e. The van der Waals surface area contributed by atoms with Crippen molar-refractivity contribution >= 4 is 0 Å². The van der Waals surface area contributed by atoms with Crippen molar-refractivity contribution in [1.29, 1.82) is 0 Å². The molecule has 1 aromatic carbocycles. The zero-order valence-corrected chi connectivity index (χ0v) is 11.9. The number of pyridine rings is 1. The summed E-state index contributed by atoms with van der Waals surface area (Å²) in [5, 5.41) is 3.10. The number of benzene rings is 1. The minimum atomic E-state index is -0.196. The van der Waals surface area contributed by atoms with E-state index in [4.69, 9.17) is 0 Å². The van der Waals surface area contributed by atoms with Gasteiger partial charge in [0.1, 0.15) is 5.82 Å². The highest BCUT2D eigenvalue weighted by Crippen LogP contribution is 2.08. The van der Waals surface area contributed by atoms with Crippen LogP contribution in [0.3, 0.4) is 0 Å². The maximum atomic E-state index is 12.9. The Kier molecular flexibility index (Phi) is 5.21. The third-order valence-corrected chi connectivity index (χ3v) is 3.02. The van der Waals surface area contributed by atoms with Gasteiger partial charge in [-0.25, -0.2) is 4.39 Å². The summed E-state index contributed by atoms with van der Waals surface area (Å²) >= 11 is 0. The molecule has 0 unspecified atom stereocenters. The van der Waals surface area contributed by atoms with Crippen molar-refractivity contribution in [1.82, 2.24) is 15.2 Å². The fourth-order valence-corrected chi connectivity index (χ4v) is 2.13. The van der Waals surface area contributed by atoms with Crippen molar-refractivity contribution < 1.29 is 4.39 Å². The Hall–Kier alpha value is -1.78. The molecule has 0 aliphatic carbocycles. The molecule has 0 saturated heterocycles. The Morgan fingerprint density at radius 1 is 1.05 bits per heavy atom. The highest BCUT2D eigenvalue weighted by atomic mass is 19.1. The van der Waals surface area contributed by atoms with Crippen molar-refractivity contribution in [3.05, 3.63) is 65.2 Å². The van der Waals surface area contributed by atoms with Crippen LogP contribution < -0.4 is 5.32 Å². The SMILES string of the molecule is CNCc1cccc(CN(C)Cc2ccc(F)cc2)n1. The van der Waals surface area contributed by atoms with Gasteiger partial charge < -0.3 is 5.32 Å². The van der Waals surface area contributed by atoms with Gasteiger partial charge in [-0.05, 0) is 43.9 Å². The van der Waals surface area contributed by atoms with Crippen LogP contribution in [-0.4, -0.2) is 24.0 Å². The molecule has 0 aliphatic heterocycles. The van der Waals surface area contributed by atoms with Crippen molar-refractivity contribution in [3.8, 4) is 0 Å². The van der Waals surface area contributed by atoms with Gasteiger partial charge in [-0.1, -0.05) is 18.2 Å². The fourth-order valence-electron chi connectivity index (χ4n) is 2.13. The number of rotatable bonds is 6. The van der Waals surface area contributed by atoms with E-state index in [0.29, 0.717) is 0 Å². The summed E-state index contributed by atoms with van der Waals surface area (Å²) in [5.41, 5.74) is 3.18. The predicted molar refractivity (Wildman–Crippen MR) is 78.6 cm³/mol. The molecule has 2 rings (SSSR count). The summed E-state index contributed by atoms with van der Waals surface area (Å²) in [6.07, 6.45) is 0. The monoisotopic (exact) mass is 273 g/mol. The third kappa shape index (κ3) is 4.40. The first-order chi connectivity index (χ1) is 9.67. The first-order valence-electron chi connectivity index (χ1n) is 6.70. The van der Waals surface area contributed by atoms with Crippen LogP contribution in [0.2, 0.25) is 0 Å². The van der Waals surface area contributed by atoms with E-state index in [0.717, 1.165) is 36.6 Å². The molecule has 0 radical (unpaired) electrons. The van der Waals surface area contributed by atoms with Gasteiger partial charge in [0.15, 0.2) is 0 Å². The van der Waals surface area contributed by atoms with Gasteiger partial charge in [-0.15, -0.1) is 0 Å². The molecule has 1 heterocycles. The van der Waals surface area contributed by atoms with Crippen molar-refractivity contribution in [2.75, 3.05) is 14.1 Å². The normalized spacial score (nSPS) is 11.0. The van der Waals surface area contributed by atoms with Crippen molar-refractivity contribution in [2.24, 2.45) is 0 Å². The maximum Gasteiger partial charge on any atom is 0.123 e. The number of aromatic nitrogens is 1. The van der Waals surface area contributed by atoms with Crippen LogP contribution in [0.4, 0.5) is 4.39 Å². The van der Waals surface area contributed by atoms with E-state index in [1.807, 2.05) is 44.4 Å². The van der Waals surface area contributed by atoms with E-state index < -0.39 is 0 Å². The molecule has 0 amide bonds. The molecule has 4 heteroatoms. The van der Waals surface area contributed by atoms with Crippen LogP contribution in [0.5, 0.6) is 0 Å². The Labute approximate surface area is 119 Å². The van der Waals surface area contributed by atoms with Gasteiger partial charge >= 0.3 is 0 Å². The van der Waals surface area contributed by atoms with Gasteiger partial charge in [0.05, 0.1) is 11.4 Å². The number of hydrogen-bond acceptors (Lipinski definition) is 3. The average molecular weight is 273 g/mol. The lowest BCUT2D eigenvalue weighted by Crippen LogP contribution is -2.18. The average Bonchev–Trinajstić information content (AvgIpc) is 2.42. The predicted octanol–water partition coefficient (Wildman–Crippen LogP) is 2.57. The van der Waals surface area contributed by atoms with Crippen LogP contribution in [0.15, 0.2) is 42.5 Å². The molecule has 0 aliphatic rings. The second kappa shape index (κ2) is 7.12. The Bertz CT molecular complexity index is 540. The smallest absolute Gasteiger partial charge is 0.123 e. The molecule has 0 fully saturated rings. The zero-order valence-electron chi connectivity index (χ0n) is 11.9. The molecular formula is C16H20FN3. The number of halogens is 1. The first kappa shape index (κ1) is 14.6. The molecule has 1 N–H and O–H groups in total. The van der Waals surface area contributed by atoms with Crippen LogP contribution in [0.25, 0.3) is 0 Å².